The predicted molar refractivity (Wildman–Crippen MR) is 88.3 cm³/mol. The Hall–Kier alpha value is -0.460. The van der Waals surface area contributed by atoms with Gasteiger partial charge in [-0.1, -0.05) is 0 Å². The molecule has 0 aliphatic carbocycles. The Labute approximate surface area is 138 Å². The topological polar surface area (TPSA) is 49.4 Å². The van der Waals surface area contributed by atoms with Crippen molar-refractivity contribution in [3.63, 3.8) is 0 Å². The molecular formula is C12H21Cl3N4O. The molecular weight excluding hydrogens is 323 g/mol. The summed E-state index contributed by atoms with van der Waals surface area (Å²) in [6.07, 6.45) is 0. The van der Waals surface area contributed by atoms with Crippen LogP contribution in [0.4, 0.5) is 5.82 Å². The summed E-state index contributed by atoms with van der Waals surface area (Å²) in [6.45, 7) is 6.53. The fraction of sp³-hybridized carbons (Fsp3) is 0.583. The summed E-state index contributed by atoms with van der Waals surface area (Å²) < 4.78 is 5.66. The van der Waals surface area contributed by atoms with E-state index < -0.39 is 0 Å². The van der Waals surface area contributed by atoms with Crippen LogP contribution in [0.25, 0.3) is 0 Å². The van der Waals surface area contributed by atoms with Crippen LogP contribution in [0, 0.1) is 0 Å². The Bertz CT molecular complexity index is 402. The van der Waals surface area contributed by atoms with E-state index in [-0.39, 0.29) is 37.2 Å². The van der Waals surface area contributed by atoms with Crippen LogP contribution >= 0.6 is 37.2 Å². The molecule has 2 aliphatic heterocycles. The third-order valence-electron chi connectivity index (χ3n) is 3.20. The summed E-state index contributed by atoms with van der Waals surface area (Å²) in [7, 11) is 0. The van der Waals surface area contributed by atoms with Gasteiger partial charge >= 0.3 is 0 Å². The normalized spacial score (nSPS) is 17.3. The molecule has 1 aromatic rings. The van der Waals surface area contributed by atoms with Crippen LogP contribution in [0.3, 0.4) is 0 Å². The van der Waals surface area contributed by atoms with Gasteiger partial charge in [0.25, 0.3) is 0 Å². The van der Waals surface area contributed by atoms with E-state index in [1.165, 1.54) is 0 Å². The van der Waals surface area contributed by atoms with Gasteiger partial charge in [0.15, 0.2) is 0 Å². The van der Waals surface area contributed by atoms with Crippen LogP contribution < -0.4 is 20.3 Å². The highest BCUT2D eigenvalue weighted by Crippen LogP contribution is 2.22. The van der Waals surface area contributed by atoms with Gasteiger partial charge in [0.2, 0.25) is 5.88 Å². The molecule has 0 spiro atoms. The average Bonchev–Trinajstić information content (AvgIpc) is 2.64. The van der Waals surface area contributed by atoms with Crippen molar-refractivity contribution in [1.82, 2.24) is 15.6 Å². The van der Waals surface area contributed by atoms with Gasteiger partial charge in [-0.15, -0.1) is 37.2 Å². The monoisotopic (exact) mass is 342 g/mol. The second kappa shape index (κ2) is 9.47. The maximum atomic E-state index is 5.66. The minimum Gasteiger partial charge on any atom is -0.476 e. The van der Waals surface area contributed by atoms with E-state index in [1.807, 2.05) is 0 Å². The minimum absolute atomic E-state index is 0. The molecule has 2 aliphatic rings. The van der Waals surface area contributed by atoms with Crippen molar-refractivity contribution in [3.05, 3.63) is 17.7 Å². The number of anilines is 1. The second-order valence-electron chi connectivity index (χ2n) is 4.40. The summed E-state index contributed by atoms with van der Waals surface area (Å²) >= 11 is 0. The van der Waals surface area contributed by atoms with Gasteiger partial charge in [0, 0.05) is 44.8 Å². The number of aromatic nitrogens is 1. The zero-order valence-corrected chi connectivity index (χ0v) is 13.6. The van der Waals surface area contributed by atoms with Crippen molar-refractivity contribution < 1.29 is 4.74 Å². The van der Waals surface area contributed by atoms with E-state index in [1.54, 1.807) is 0 Å². The smallest absolute Gasteiger partial charge is 0.219 e. The molecule has 116 valence electrons. The van der Waals surface area contributed by atoms with Crippen LogP contribution in [0.2, 0.25) is 0 Å². The maximum absolute atomic E-state index is 5.66. The summed E-state index contributed by atoms with van der Waals surface area (Å²) in [4.78, 5) is 6.94. The molecule has 0 amide bonds. The fourth-order valence-corrected chi connectivity index (χ4v) is 2.23. The van der Waals surface area contributed by atoms with E-state index in [4.69, 9.17) is 4.74 Å². The molecule has 3 rings (SSSR count). The third-order valence-corrected chi connectivity index (χ3v) is 3.20. The number of rotatable bonds is 1. The van der Waals surface area contributed by atoms with Crippen LogP contribution in [-0.2, 0) is 6.54 Å². The molecule has 1 aromatic heterocycles. The lowest BCUT2D eigenvalue weighted by atomic mass is 10.2. The van der Waals surface area contributed by atoms with Gasteiger partial charge in [-0.3, -0.25) is 0 Å². The van der Waals surface area contributed by atoms with Crippen molar-refractivity contribution in [2.75, 3.05) is 44.2 Å². The average molecular weight is 344 g/mol. The number of pyridine rings is 1. The lowest BCUT2D eigenvalue weighted by Crippen LogP contribution is -2.43. The van der Waals surface area contributed by atoms with Crippen molar-refractivity contribution in [1.29, 1.82) is 0 Å². The van der Waals surface area contributed by atoms with E-state index in [9.17, 15) is 0 Å². The quantitative estimate of drug-likeness (QED) is 0.803. The van der Waals surface area contributed by atoms with Crippen molar-refractivity contribution in [2.24, 2.45) is 0 Å². The van der Waals surface area contributed by atoms with Crippen molar-refractivity contribution in [2.45, 2.75) is 6.54 Å². The maximum Gasteiger partial charge on any atom is 0.219 e. The van der Waals surface area contributed by atoms with E-state index >= 15 is 0 Å². The first kappa shape index (κ1) is 19.5. The number of nitrogens with one attached hydrogen (secondary N) is 2. The molecule has 1 saturated heterocycles. The SMILES string of the molecule is Cl.Cl.Cl.c1cc2c(nc1N1CCNCC1)OCCNC2. The lowest BCUT2D eigenvalue weighted by Gasteiger charge is -2.28. The molecule has 3 heterocycles. The molecule has 0 bridgehead atoms. The molecule has 0 atom stereocenters. The van der Waals surface area contributed by atoms with Crippen LogP contribution in [0.1, 0.15) is 5.56 Å². The molecule has 1 fully saturated rings. The third kappa shape index (κ3) is 4.53. The molecule has 0 aromatic carbocycles. The molecule has 2 N–H and O–H groups in total. The number of nitrogens with zero attached hydrogens (tertiary/aromatic N) is 2. The highest BCUT2D eigenvalue weighted by atomic mass is 35.5. The molecule has 0 saturated carbocycles. The Kier molecular flexibility index (Phi) is 9.25. The molecule has 20 heavy (non-hydrogen) atoms. The highest BCUT2D eigenvalue weighted by molar-refractivity contribution is 5.86. The zero-order chi connectivity index (χ0) is 11.5. The number of hydrogen-bond donors (Lipinski definition) is 2. The standard InChI is InChI=1S/C12H18N4O.3ClH/c1-2-11(16-6-3-13-4-7-16)15-12-10(1)9-14-5-8-17-12;;;/h1-2,13-14H,3-9H2;3*1H. The first-order chi connectivity index (χ1) is 8.43. The minimum atomic E-state index is 0. The molecule has 0 unspecified atom stereocenters. The van der Waals surface area contributed by atoms with Crippen LogP contribution in [-0.4, -0.2) is 44.3 Å². The molecule has 8 heteroatoms. The van der Waals surface area contributed by atoms with E-state index in [0.717, 1.165) is 56.5 Å². The fourth-order valence-electron chi connectivity index (χ4n) is 2.23. The lowest BCUT2D eigenvalue weighted by molar-refractivity contribution is 0.314. The van der Waals surface area contributed by atoms with Gasteiger partial charge in [0.1, 0.15) is 12.4 Å². The largest absolute Gasteiger partial charge is 0.476 e. The Balaban J connectivity index is 0.00000120. The zero-order valence-electron chi connectivity index (χ0n) is 11.1. The van der Waals surface area contributed by atoms with Gasteiger partial charge in [-0.25, -0.2) is 0 Å². The first-order valence-corrected chi connectivity index (χ1v) is 6.22. The summed E-state index contributed by atoms with van der Waals surface area (Å²) in [5.74, 6) is 1.83. The molecule has 5 nitrogen and oxygen atoms in total. The van der Waals surface area contributed by atoms with Crippen LogP contribution in [0.5, 0.6) is 5.88 Å². The van der Waals surface area contributed by atoms with Gasteiger partial charge in [-0.2, -0.15) is 4.98 Å². The number of fused-ring (bicyclic) bond motifs is 1. The number of halogens is 3. The van der Waals surface area contributed by atoms with E-state index in [0.29, 0.717) is 6.61 Å². The highest BCUT2D eigenvalue weighted by Gasteiger charge is 2.15. The van der Waals surface area contributed by atoms with Crippen molar-refractivity contribution >= 4 is 43.0 Å². The Morgan fingerprint density at radius 3 is 2.50 bits per heavy atom. The van der Waals surface area contributed by atoms with Gasteiger partial charge < -0.3 is 20.3 Å². The molecule has 0 radical (unpaired) electrons. The summed E-state index contributed by atoms with van der Waals surface area (Å²) in [5, 5.41) is 6.66. The predicted octanol–water partition coefficient (Wildman–Crippen LogP) is 1.24. The summed E-state index contributed by atoms with van der Waals surface area (Å²) in [6, 6.07) is 4.22. The summed E-state index contributed by atoms with van der Waals surface area (Å²) in [5.41, 5.74) is 1.15. The first-order valence-electron chi connectivity index (χ1n) is 6.22. The second-order valence-corrected chi connectivity index (χ2v) is 4.40. The number of hydrogen-bond acceptors (Lipinski definition) is 5. The van der Waals surface area contributed by atoms with E-state index in [2.05, 4.69) is 32.7 Å². The Morgan fingerprint density at radius 2 is 1.75 bits per heavy atom. The number of ether oxygens (including phenoxy) is 1. The Morgan fingerprint density at radius 1 is 1.00 bits per heavy atom. The van der Waals surface area contributed by atoms with Gasteiger partial charge in [0.05, 0.1) is 0 Å². The van der Waals surface area contributed by atoms with Crippen LogP contribution in [0.15, 0.2) is 12.1 Å². The number of piperazine rings is 1. The van der Waals surface area contributed by atoms with Gasteiger partial charge in [-0.05, 0) is 12.1 Å². The van der Waals surface area contributed by atoms with Crippen molar-refractivity contribution in [3.8, 4) is 5.88 Å².